The lowest BCUT2D eigenvalue weighted by Crippen LogP contribution is -2.50. The van der Waals surface area contributed by atoms with E-state index in [1.54, 1.807) is 45.2 Å². The summed E-state index contributed by atoms with van der Waals surface area (Å²) in [6, 6.07) is 14.5. The number of aryl methyl sites for hydroxylation is 1. The SMILES string of the molecule is COc1ccc([C@@H](CC(=O)N[C@@H](CCc2ccccc2)C(=O)[C@@]2(C)CO2)NC(=O)[C@H](C)NC(=O)CN2CCOCC2)cc1. The Morgan fingerprint density at radius 1 is 0.953 bits per heavy atom. The Morgan fingerprint density at radius 2 is 1.63 bits per heavy atom. The van der Waals surface area contributed by atoms with Crippen LogP contribution in [0.15, 0.2) is 54.6 Å². The molecule has 0 aromatic heterocycles. The van der Waals surface area contributed by atoms with Gasteiger partial charge in [-0.25, -0.2) is 0 Å². The summed E-state index contributed by atoms with van der Waals surface area (Å²) in [6.45, 7) is 6.28. The number of nitrogens with one attached hydrogen (secondary N) is 3. The number of hydrogen-bond acceptors (Lipinski definition) is 8. The molecule has 0 aliphatic carbocycles. The Morgan fingerprint density at radius 3 is 2.26 bits per heavy atom. The Hall–Kier alpha value is -3.80. The Bertz CT molecular complexity index is 1240. The summed E-state index contributed by atoms with van der Waals surface area (Å²) in [5, 5.41) is 8.57. The van der Waals surface area contributed by atoms with Crippen LogP contribution in [0, 0.1) is 0 Å². The van der Waals surface area contributed by atoms with Gasteiger partial charge in [-0.05, 0) is 49.9 Å². The van der Waals surface area contributed by atoms with Gasteiger partial charge in [0, 0.05) is 13.1 Å². The summed E-state index contributed by atoms with van der Waals surface area (Å²) in [5.74, 6) is -0.621. The molecule has 2 aromatic rings. The van der Waals surface area contributed by atoms with E-state index in [0.29, 0.717) is 57.1 Å². The second-order valence-corrected chi connectivity index (χ2v) is 11.2. The highest BCUT2D eigenvalue weighted by molar-refractivity contribution is 5.96. The molecule has 0 spiro atoms. The highest BCUT2D eigenvalue weighted by atomic mass is 16.6. The van der Waals surface area contributed by atoms with Crippen LogP contribution in [0.3, 0.4) is 0 Å². The van der Waals surface area contributed by atoms with E-state index in [0.717, 1.165) is 5.56 Å². The van der Waals surface area contributed by atoms with Gasteiger partial charge in [-0.15, -0.1) is 0 Å². The van der Waals surface area contributed by atoms with Gasteiger partial charge in [-0.2, -0.15) is 0 Å². The second-order valence-electron chi connectivity index (χ2n) is 11.2. The topological polar surface area (TPSA) is 139 Å². The standard InChI is InChI=1S/C32H42N4O7/c1-22(33-29(38)20-36-15-17-42-18-16-36)31(40)35-27(24-10-12-25(41-3)13-11-24)19-28(37)34-26(30(39)32(2)21-43-32)14-9-23-7-5-4-6-8-23/h4-8,10-13,22,26-27H,9,14-21H2,1-3H3,(H,33,38)(H,34,37)(H,35,40)/t22-,26-,27+,32+/m0/s1. The van der Waals surface area contributed by atoms with Crippen molar-refractivity contribution in [3.05, 3.63) is 65.7 Å². The average Bonchev–Trinajstić information content (AvgIpc) is 3.77. The molecular weight excluding hydrogens is 552 g/mol. The maximum absolute atomic E-state index is 13.4. The van der Waals surface area contributed by atoms with Crippen molar-refractivity contribution in [1.82, 2.24) is 20.9 Å². The molecule has 0 bridgehead atoms. The van der Waals surface area contributed by atoms with Crippen molar-refractivity contribution in [2.75, 3.05) is 46.6 Å². The zero-order valence-electron chi connectivity index (χ0n) is 25.1. The number of carbonyl (C=O) groups excluding carboxylic acids is 4. The zero-order valence-corrected chi connectivity index (χ0v) is 25.1. The number of amides is 3. The molecule has 4 atom stereocenters. The molecule has 2 heterocycles. The minimum absolute atomic E-state index is 0.112. The molecule has 2 fully saturated rings. The lowest BCUT2D eigenvalue weighted by atomic mass is 9.94. The number of hydrogen-bond donors (Lipinski definition) is 3. The molecule has 11 heteroatoms. The third kappa shape index (κ3) is 9.60. The number of carbonyl (C=O) groups is 4. The fourth-order valence-electron chi connectivity index (χ4n) is 4.98. The lowest BCUT2D eigenvalue weighted by molar-refractivity contribution is -0.132. The summed E-state index contributed by atoms with van der Waals surface area (Å²) < 4.78 is 16.0. The minimum atomic E-state index is -0.896. The fraction of sp³-hybridized carbons (Fsp3) is 0.500. The number of epoxide rings is 1. The molecule has 2 saturated heterocycles. The number of ketones is 1. The van der Waals surface area contributed by atoms with Gasteiger partial charge in [-0.1, -0.05) is 42.5 Å². The van der Waals surface area contributed by atoms with Crippen molar-refractivity contribution < 1.29 is 33.4 Å². The van der Waals surface area contributed by atoms with Gasteiger partial charge < -0.3 is 30.2 Å². The number of benzene rings is 2. The Kier molecular flexibility index (Phi) is 11.3. The molecule has 2 aliphatic rings. The third-order valence-corrected chi connectivity index (χ3v) is 7.78. The van der Waals surface area contributed by atoms with Crippen LogP contribution in [0.1, 0.15) is 43.9 Å². The first kappa shape index (κ1) is 32.1. The molecule has 232 valence electrons. The molecular formula is C32H42N4O7. The highest BCUT2D eigenvalue weighted by Crippen LogP contribution is 2.29. The highest BCUT2D eigenvalue weighted by Gasteiger charge is 2.50. The monoisotopic (exact) mass is 594 g/mol. The van der Waals surface area contributed by atoms with Crippen LogP contribution in [0.4, 0.5) is 0 Å². The normalized spacial score (nSPS) is 20.3. The first-order valence-corrected chi connectivity index (χ1v) is 14.7. The van der Waals surface area contributed by atoms with E-state index in [1.807, 2.05) is 35.2 Å². The van der Waals surface area contributed by atoms with Crippen molar-refractivity contribution in [2.24, 2.45) is 0 Å². The minimum Gasteiger partial charge on any atom is -0.497 e. The maximum Gasteiger partial charge on any atom is 0.242 e. The van der Waals surface area contributed by atoms with E-state index in [1.165, 1.54) is 0 Å². The van der Waals surface area contributed by atoms with E-state index >= 15 is 0 Å². The van der Waals surface area contributed by atoms with Crippen molar-refractivity contribution in [2.45, 2.75) is 56.8 Å². The van der Waals surface area contributed by atoms with Gasteiger partial charge >= 0.3 is 0 Å². The fourth-order valence-corrected chi connectivity index (χ4v) is 4.98. The number of methoxy groups -OCH3 is 1. The summed E-state index contributed by atoms with van der Waals surface area (Å²) in [6.07, 6.45) is 0.909. The quantitative estimate of drug-likeness (QED) is 0.264. The van der Waals surface area contributed by atoms with Gasteiger partial charge in [0.25, 0.3) is 0 Å². The molecule has 0 saturated carbocycles. The van der Waals surface area contributed by atoms with Gasteiger partial charge in [0.1, 0.15) is 17.4 Å². The van der Waals surface area contributed by atoms with Crippen LogP contribution in [-0.2, 0) is 35.1 Å². The molecule has 0 radical (unpaired) electrons. The van der Waals surface area contributed by atoms with Crippen molar-refractivity contribution in [1.29, 1.82) is 0 Å². The van der Waals surface area contributed by atoms with Crippen LogP contribution >= 0.6 is 0 Å². The number of morpholine rings is 1. The van der Waals surface area contributed by atoms with Gasteiger partial charge in [0.2, 0.25) is 17.7 Å². The zero-order chi connectivity index (χ0) is 30.8. The predicted octanol–water partition coefficient (Wildman–Crippen LogP) is 1.56. The molecule has 0 unspecified atom stereocenters. The molecule has 3 N–H and O–H groups in total. The summed E-state index contributed by atoms with van der Waals surface area (Å²) in [4.78, 5) is 54.4. The van der Waals surface area contributed by atoms with E-state index in [4.69, 9.17) is 14.2 Å². The molecule has 43 heavy (non-hydrogen) atoms. The van der Waals surface area contributed by atoms with Gasteiger partial charge in [-0.3, -0.25) is 24.1 Å². The van der Waals surface area contributed by atoms with E-state index in [9.17, 15) is 19.2 Å². The maximum atomic E-state index is 13.4. The van der Waals surface area contributed by atoms with Crippen LogP contribution < -0.4 is 20.7 Å². The van der Waals surface area contributed by atoms with Crippen molar-refractivity contribution >= 4 is 23.5 Å². The molecule has 2 aromatic carbocycles. The first-order valence-electron chi connectivity index (χ1n) is 14.7. The van der Waals surface area contributed by atoms with Gasteiger partial charge in [0.05, 0.1) is 52.0 Å². The average molecular weight is 595 g/mol. The number of rotatable bonds is 15. The summed E-state index contributed by atoms with van der Waals surface area (Å²) in [5.41, 5.74) is 0.845. The lowest BCUT2D eigenvalue weighted by Gasteiger charge is -2.27. The number of Topliss-reactive ketones (excluding diaryl/α,β-unsaturated/α-hetero) is 1. The number of nitrogens with zero attached hydrogens (tertiary/aromatic N) is 1. The van der Waals surface area contributed by atoms with Crippen molar-refractivity contribution in [3.63, 3.8) is 0 Å². The summed E-state index contributed by atoms with van der Waals surface area (Å²) >= 11 is 0. The summed E-state index contributed by atoms with van der Waals surface area (Å²) in [7, 11) is 1.56. The molecule has 2 aliphatic heterocycles. The van der Waals surface area contributed by atoms with Crippen LogP contribution in [0.2, 0.25) is 0 Å². The van der Waals surface area contributed by atoms with Crippen LogP contribution in [0.25, 0.3) is 0 Å². The smallest absolute Gasteiger partial charge is 0.242 e. The Balaban J connectivity index is 1.41. The molecule has 11 nitrogen and oxygen atoms in total. The van der Waals surface area contributed by atoms with E-state index in [2.05, 4.69) is 16.0 Å². The van der Waals surface area contributed by atoms with Gasteiger partial charge in [0.15, 0.2) is 5.78 Å². The third-order valence-electron chi connectivity index (χ3n) is 7.78. The second kappa shape index (κ2) is 15.1. The first-order chi connectivity index (χ1) is 20.7. The molecule has 3 amide bonds. The van der Waals surface area contributed by atoms with Crippen LogP contribution in [0.5, 0.6) is 5.75 Å². The largest absolute Gasteiger partial charge is 0.497 e. The van der Waals surface area contributed by atoms with Crippen molar-refractivity contribution in [3.8, 4) is 5.75 Å². The van der Waals surface area contributed by atoms with E-state index < -0.39 is 29.6 Å². The Labute approximate surface area is 252 Å². The number of ether oxygens (including phenoxy) is 3. The predicted molar refractivity (Wildman–Crippen MR) is 159 cm³/mol. The van der Waals surface area contributed by atoms with E-state index in [-0.39, 0.29) is 30.6 Å². The van der Waals surface area contributed by atoms with Crippen LogP contribution in [-0.4, -0.2) is 92.7 Å². The molecule has 4 rings (SSSR count).